The number of nitrogens with one attached hydrogen (secondary N) is 1. The molecule has 4 heterocycles. The second kappa shape index (κ2) is 6.14. The Balaban J connectivity index is 1.54. The van der Waals surface area contributed by atoms with Gasteiger partial charge in [0.15, 0.2) is 5.82 Å². The lowest BCUT2D eigenvalue weighted by atomic mass is 10.0. The van der Waals surface area contributed by atoms with Crippen LogP contribution in [0.4, 0.5) is 10.6 Å². The van der Waals surface area contributed by atoms with Gasteiger partial charge in [0.2, 0.25) is 0 Å². The highest BCUT2D eigenvalue weighted by atomic mass is 16.2. The first kappa shape index (κ1) is 15.0. The molecule has 4 rings (SSSR count). The van der Waals surface area contributed by atoms with Gasteiger partial charge in [0.25, 0.3) is 0 Å². The molecule has 2 aromatic heterocycles. The molecular formula is C17H22N6O. The summed E-state index contributed by atoms with van der Waals surface area (Å²) in [6, 6.07) is 6.34. The average molecular weight is 326 g/mol. The lowest BCUT2D eigenvalue weighted by molar-refractivity contribution is 0.189. The van der Waals surface area contributed by atoms with E-state index in [1.165, 1.54) is 0 Å². The first-order valence-electron chi connectivity index (χ1n) is 8.49. The van der Waals surface area contributed by atoms with E-state index in [-0.39, 0.29) is 12.1 Å². The van der Waals surface area contributed by atoms with E-state index < -0.39 is 0 Å². The Morgan fingerprint density at radius 1 is 1.25 bits per heavy atom. The van der Waals surface area contributed by atoms with Crippen molar-refractivity contribution in [1.29, 1.82) is 0 Å². The number of nitrogens with zero attached hydrogens (tertiary/aromatic N) is 5. The molecule has 2 aromatic rings. The largest absolute Gasteiger partial charge is 0.354 e. The maximum absolute atomic E-state index is 11.9. The number of rotatable bonds is 3. The van der Waals surface area contributed by atoms with Gasteiger partial charge in [0.1, 0.15) is 5.82 Å². The molecule has 126 valence electrons. The minimum Gasteiger partial charge on any atom is -0.354 e. The normalized spacial score (nSPS) is 21.2. The van der Waals surface area contributed by atoms with E-state index in [1.54, 1.807) is 4.68 Å². The number of carbonyl (C=O) groups is 1. The molecule has 0 spiro atoms. The smallest absolute Gasteiger partial charge is 0.317 e. The Hall–Kier alpha value is -2.57. The summed E-state index contributed by atoms with van der Waals surface area (Å²) < 4.78 is 1.80. The van der Waals surface area contributed by atoms with Crippen LogP contribution in [0, 0.1) is 6.92 Å². The van der Waals surface area contributed by atoms with Gasteiger partial charge in [-0.15, -0.1) is 0 Å². The molecule has 2 amide bonds. The van der Waals surface area contributed by atoms with Gasteiger partial charge in [-0.05, 0) is 37.5 Å². The van der Waals surface area contributed by atoms with E-state index in [2.05, 4.69) is 15.3 Å². The van der Waals surface area contributed by atoms with E-state index in [9.17, 15) is 4.79 Å². The summed E-state index contributed by atoms with van der Waals surface area (Å²) in [7, 11) is 0. The number of amides is 2. The SMILES string of the molecule is Cc1cnn(-c2cccc(N3CCC[C@@H](N4CCNC4=O)C3)n2)c1. The first-order valence-corrected chi connectivity index (χ1v) is 8.49. The Bertz CT molecular complexity index is 742. The number of pyridine rings is 1. The lowest BCUT2D eigenvalue weighted by Gasteiger charge is -2.37. The third-order valence-electron chi connectivity index (χ3n) is 4.72. The average Bonchev–Trinajstić information content (AvgIpc) is 3.23. The number of aromatic nitrogens is 3. The molecule has 2 aliphatic heterocycles. The summed E-state index contributed by atoms with van der Waals surface area (Å²) >= 11 is 0. The van der Waals surface area contributed by atoms with Crippen LogP contribution in [0.5, 0.6) is 0 Å². The van der Waals surface area contributed by atoms with Crippen LogP contribution in [0.3, 0.4) is 0 Å². The van der Waals surface area contributed by atoms with Crippen molar-refractivity contribution in [2.45, 2.75) is 25.8 Å². The number of piperidine rings is 1. The quantitative estimate of drug-likeness (QED) is 0.930. The van der Waals surface area contributed by atoms with E-state index in [0.29, 0.717) is 0 Å². The molecule has 0 aromatic carbocycles. The topological polar surface area (TPSA) is 66.3 Å². The molecule has 2 saturated heterocycles. The van der Waals surface area contributed by atoms with Gasteiger partial charge in [-0.1, -0.05) is 6.07 Å². The number of anilines is 1. The molecule has 0 aliphatic carbocycles. The zero-order chi connectivity index (χ0) is 16.5. The van der Waals surface area contributed by atoms with Gasteiger partial charge in [-0.2, -0.15) is 5.10 Å². The highest BCUT2D eigenvalue weighted by molar-refractivity contribution is 5.76. The number of carbonyl (C=O) groups excluding carboxylic acids is 1. The molecule has 0 bridgehead atoms. The maximum atomic E-state index is 11.9. The third kappa shape index (κ3) is 2.81. The number of urea groups is 1. The van der Waals surface area contributed by atoms with Crippen molar-refractivity contribution in [2.75, 3.05) is 31.1 Å². The van der Waals surface area contributed by atoms with Crippen LogP contribution < -0.4 is 10.2 Å². The fourth-order valence-electron chi connectivity index (χ4n) is 3.51. The van der Waals surface area contributed by atoms with Gasteiger partial charge in [0.05, 0.1) is 12.2 Å². The van der Waals surface area contributed by atoms with Crippen molar-refractivity contribution in [1.82, 2.24) is 25.0 Å². The summed E-state index contributed by atoms with van der Waals surface area (Å²) in [6.07, 6.45) is 5.93. The second-order valence-corrected chi connectivity index (χ2v) is 6.48. The lowest BCUT2D eigenvalue weighted by Crippen LogP contribution is -2.49. The second-order valence-electron chi connectivity index (χ2n) is 6.48. The third-order valence-corrected chi connectivity index (χ3v) is 4.72. The molecule has 24 heavy (non-hydrogen) atoms. The minimum absolute atomic E-state index is 0.0653. The van der Waals surface area contributed by atoms with Crippen LogP contribution in [-0.4, -0.2) is 57.9 Å². The van der Waals surface area contributed by atoms with Crippen molar-refractivity contribution in [3.63, 3.8) is 0 Å². The van der Waals surface area contributed by atoms with Crippen LogP contribution in [-0.2, 0) is 0 Å². The molecule has 1 N–H and O–H groups in total. The molecular weight excluding hydrogens is 304 g/mol. The number of hydrogen-bond acceptors (Lipinski definition) is 4. The predicted octanol–water partition coefficient (Wildman–Crippen LogP) is 1.57. The van der Waals surface area contributed by atoms with Crippen LogP contribution >= 0.6 is 0 Å². The van der Waals surface area contributed by atoms with Crippen molar-refractivity contribution in [2.24, 2.45) is 0 Å². The molecule has 2 fully saturated rings. The van der Waals surface area contributed by atoms with Crippen molar-refractivity contribution < 1.29 is 4.79 Å². The van der Waals surface area contributed by atoms with Crippen molar-refractivity contribution >= 4 is 11.8 Å². The number of hydrogen-bond donors (Lipinski definition) is 1. The molecule has 7 nitrogen and oxygen atoms in total. The monoisotopic (exact) mass is 326 g/mol. The molecule has 2 aliphatic rings. The van der Waals surface area contributed by atoms with Gasteiger partial charge >= 0.3 is 6.03 Å². The fourth-order valence-corrected chi connectivity index (χ4v) is 3.51. The van der Waals surface area contributed by atoms with Crippen LogP contribution in [0.2, 0.25) is 0 Å². The van der Waals surface area contributed by atoms with E-state index in [4.69, 9.17) is 4.98 Å². The summed E-state index contributed by atoms with van der Waals surface area (Å²) in [5.74, 6) is 1.77. The standard InChI is InChI=1S/C17H22N6O/c1-13-10-19-23(11-13)16-6-2-5-15(20-16)21-8-3-4-14(12-21)22-9-7-18-17(22)24/h2,5-6,10-11,14H,3-4,7-9,12H2,1H3,(H,18,24)/t14-/m1/s1. The van der Waals surface area contributed by atoms with Gasteiger partial charge in [0, 0.05) is 32.4 Å². The van der Waals surface area contributed by atoms with Crippen LogP contribution in [0.15, 0.2) is 30.6 Å². The van der Waals surface area contributed by atoms with Crippen LogP contribution in [0.25, 0.3) is 5.82 Å². The summed E-state index contributed by atoms with van der Waals surface area (Å²) in [6.45, 7) is 5.38. The molecule has 1 atom stereocenters. The first-order chi connectivity index (χ1) is 11.7. The fraction of sp³-hybridized carbons (Fsp3) is 0.471. The molecule has 0 unspecified atom stereocenters. The van der Waals surface area contributed by atoms with E-state index in [1.807, 2.05) is 42.4 Å². The molecule has 0 saturated carbocycles. The molecule has 7 heteroatoms. The zero-order valence-corrected chi connectivity index (χ0v) is 13.9. The van der Waals surface area contributed by atoms with Gasteiger partial charge < -0.3 is 15.1 Å². The summed E-state index contributed by atoms with van der Waals surface area (Å²) in [4.78, 5) is 20.9. The number of aryl methyl sites for hydroxylation is 1. The Morgan fingerprint density at radius 3 is 2.88 bits per heavy atom. The predicted molar refractivity (Wildman–Crippen MR) is 91.4 cm³/mol. The Kier molecular flexibility index (Phi) is 3.84. The van der Waals surface area contributed by atoms with E-state index in [0.717, 1.165) is 56.2 Å². The Labute approximate surface area is 141 Å². The van der Waals surface area contributed by atoms with E-state index >= 15 is 0 Å². The van der Waals surface area contributed by atoms with Crippen LogP contribution in [0.1, 0.15) is 18.4 Å². The highest BCUT2D eigenvalue weighted by Crippen LogP contribution is 2.23. The minimum atomic E-state index is 0.0653. The van der Waals surface area contributed by atoms with Gasteiger partial charge in [-0.3, -0.25) is 0 Å². The van der Waals surface area contributed by atoms with Crippen molar-refractivity contribution in [3.05, 3.63) is 36.2 Å². The van der Waals surface area contributed by atoms with Crippen molar-refractivity contribution in [3.8, 4) is 5.82 Å². The zero-order valence-electron chi connectivity index (χ0n) is 13.9. The van der Waals surface area contributed by atoms with Gasteiger partial charge in [-0.25, -0.2) is 14.5 Å². The summed E-state index contributed by atoms with van der Waals surface area (Å²) in [5, 5.41) is 7.23. The highest BCUT2D eigenvalue weighted by Gasteiger charge is 2.31. The Morgan fingerprint density at radius 2 is 2.12 bits per heavy atom. The molecule has 0 radical (unpaired) electrons. The summed E-state index contributed by atoms with van der Waals surface area (Å²) in [5.41, 5.74) is 1.11. The maximum Gasteiger partial charge on any atom is 0.317 e.